The maximum Gasteiger partial charge on any atom is 0.472 e. The molecule has 0 saturated heterocycles. The van der Waals surface area contributed by atoms with Gasteiger partial charge in [0.2, 0.25) is 0 Å². The molecule has 0 aliphatic heterocycles. The molecule has 0 aliphatic rings. The second-order valence-corrected chi connectivity index (χ2v) is 29.4. The Kier molecular flexibility index (Phi) is 59.6. The Labute approximate surface area is 543 Å². The largest absolute Gasteiger partial charge is 0.472 e. The van der Waals surface area contributed by atoms with Gasteiger partial charge in [0.15, 0.2) is 12.2 Å². The van der Waals surface area contributed by atoms with Gasteiger partial charge in [0, 0.05) is 25.7 Å². The monoisotopic (exact) mass is 1310 g/mol. The summed E-state index contributed by atoms with van der Waals surface area (Å²) in [5, 5.41) is 10.6. The lowest BCUT2D eigenvalue weighted by atomic mass is 10.00. The Morgan fingerprint density at radius 2 is 0.573 bits per heavy atom. The van der Waals surface area contributed by atoms with Crippen LogP contribution in [-0.4, -0.2) is 96.7 Å². The Balaban J connectivity index is 5.22. The number of hydrogen-bond acceptors (Lipinski definition) is 15. The van der Waals surface area contributed by atoms with E-state index in [2.05, 4.69) is 48.5 Å². The van der Waals surface area contributed by atoms with Gasteiger partial charge in [-0.2, -0.15) is 0 Å². The molecule has 17 nitrogen and oxygen atoms in total. The van der Waals surface area contributed by atoms with Crippen molar-refractivity contribution in [2.45, 2.75) is 369 Å². The summed E-state index contributed by atoms with van der Waals surface area (Å²) in [6, 6.07) is 0. The standard InChI is InChI=1S/C70H136O17P2/c1-8-10-11-12-13-22-29-37-44-51-67(72)80-58-66(87-70(75)54-47-40-33-32-36-43-50-63(7)9-2)60-85-89(78,79)83-56-64(71)55-82-88(76,77)84-59-65(57-81-68(73)52-45-38-30-26-21-24-28-35-42-49-62(5)6)86-69(74)53-46-39-31-25-20-18-16-14-15-17-19-23-27-34-41-48-61(3)4/h61-66,71H,8-60H2,1-7H3,(H,76,77)(H,78,79)/t63?,64-,65-,66-/m1/s1. The van der Waals surface area contributed by atoms with Crippen molar-refractivity contribution in [1.29, 1.82) is 0 Å². The molecular weight excluding hydrogens is 1170 g/mol. The van der Waals surface area contributed by atoms with Crippen LogP contribution < -0.4 is 0 Å². The highest BCUT2D eigenvalue weighted by molar-refractivity contribution is 7.47. The van der Waals surface area contributed by atoms with Gasteiger partial charge >= 0.3 is 39.5 Å². The van der Waals surface area contributed by atoms with Crippen molar-refractivity contribution in [3.05, 3.63) is 0 Å². The molecule has 0 aromatic rings. The van der Waals surface area contributed by atoms with Crippen LogP contribution in [-0.2, 0) is 65.4 Å². The van der Waals surface area contributed by atoms with E-state index >= 15 is 0 Å². The third-order valence-electron chi connectivity index (χ3n) is 16.5. The number of hydrogen-bond donors (Lipinski definition) is 3. The molecule has 19 heteroatoms. The number of aliphatic hydroxyl groups excluding tert-OH is 1. The highest BCUT2D eigenvalue weighted by Crippen LogP contribution is 2.45. The third kappa shape index (κ3) is 63.2. The SMILES string of the molecule is CCCCCCCCCCCC(=O)OC[C@H](COP(=O)(O)OC[C@H](O)COP(=O)(O)OC[C@@H](COC(=O)CCCCCCCCCCCC(C)C)OC(=O)CCCCCCCCCCCCCCCCCC(C)C)OC(=O)CCCCCCCCC(C)CC. The lowest BCUT2D eigenvalue weighted by molar-refractivity contribution is -0.161. The van der Waals surface area contributed by atoms with Crippen LogP contribution in [0.3, 0.4) is 0 Å². The second-order valence-electron chi connectivity index (χ2n) is 26.5. The minimum atomic E-state index is -4.95. The molecule has 0 saturated carbocycles. The molecule has 0 radical (unpaired) electrons. The fourth-order valence-corrected chi connectivity index (χ4v) is 12.1. The number of phosphoric acid groups is 2. The molecule has 0 aliphatic carbocycles. The molecule has 0 bridgehead atoms. The van der Waals surface area contributed by atoms with E-state index in [-0.39, 0.29) is 25.7 Å². The lowest BCUT2D eigenvalue weighted by Gasteiger charge is -2.21. The molecule has 0 spiro atoms. The number of ether oxygens (including phenoxy) is 4. The van der Waals surface area contributed by atoms with Gasteiger partial charge < -0.3 is 33.8 Å². The van der Waals surface area contributed by atoms with Crippen molar-refractivity contribution in [3.8, 4) is 0 Å². The summed E-state index contributed by atoms with van der Waals surface area (Å²) in [5.74, 6) is 0.136. The number of carbonyl (C=O) groups is 4. The highest BCUT2D eigenvalue weighted by Gasteiger charge is 2.30. The summed E-state index contributed by atoms with van der Waals surface area (Å²) in [6.45, 7) is 11.8. The van der Waals surface area contributed by atoms with Crippen LogP contribution in [0.25, 0.3) is 0 Å². The fraction of sp³-hybridized carbons (Fsp3) is 0.943. The first-order valence-corrected chi connectivity index (χ1v) is 39.4. The summed E-state index contributed by atoms with van der Waals surface area (Å²) >= 11 is 0. The van der Waals surface area contributed by atoms with E-state index in [1.54, 1.807) is 0 Å². The molecule has 0 rings (SSSR count). The van der Waals surface area contributed by atoms with Gasteiger partial charge in [0.05, 0.1) is 26.4 Å². The number of phosphoric ester groups is 2. The Morgan fingerprint density at radius 3 is 0.854 bits per heavy atom. The van der Waals surface area contributed by atoms with E-state index in [1.807, 2.05) is 0 Å². The van der Waals surface area contributed by atoms with Crippen LogP contribution in [0.1, 0.15) is 350 Å². The van der Waals surface area contributed by atoms with Crippen LogP contribution in [0.2, 0.25) is 0 Å². The summed E-state index contributed by atoms with van der Waals surface area (Å²) in [5.41, 5.74) is 0. The molecule has 0 heterocycles. The van der Waals surface area contributed by atoms with Gasteiger partial charge in [-0.1, -0.05) is 299 Å². The van der Waals surface area contributed by atoms with Gasteiger partial charge in [-0.25, -0.2) is 9.13 Å². The number of rotatable bonds is 68. The van der Waals surface area contributed by atoms with E-state index < -0.39 is 97.5 Å². The van der Waals surface area contributed by atoms with E-state index in [1.165, 1.54) is 161 Å². The highest BCUT2D eigenvalue weighted by atomic mass is 31.2. The first-order valence-electron chi connectivity index (χ1n) is 36.4. The van der Waals surface area contributed by atoms with Crippen molar-refractivity contribution >= 4 is 39.5 Å². The summed E-state index contributed by atoms with van der Waals surface area (Å²) in [6.07, 6.45) is 44.5. The second kappa shape index (κ2) is 61.0. The summed E-state index contributed by atoms with van der Waals surface area (Å²) in [4.78, 5) is 72.5. The molecule has 89 heavy (non-hydrogen) atoms. The van der Waals surface area contributed by atoms with E-state index in [4.69, 9.17) is 37.0 Å². The third-order valence-corrected chi connectivity index (χ3v) is 18.4. The Hall–Kier alpha value is -1.94. The molecule has 0 aromatic carbocycles. The number of unbranched alkanes of at least 4 members (excludes halogenated alkanes) is 35. The zero-order chi connectivity index (χ0) is 65.9. The van der Waals surface area contributed by atoms with Crippen molar-refractivity contribution in [2.75, 3.05) is 39.6 Å². The van der Waals surface area contributed by atoms with Crippen LogP contribution >= 0.6 is 15.6 Å². The van der Waals surface area contributed by atoms with Crippen molar-refractivity contribution in [3.63, 3.8) is 0 Å². The first-order chi connectivity index (χ1) is 42.8. The Bertz CT molecular complexity index is 1750. The van der Waals surface area contributed by atoms with Crippen LogP contribution in [0.4, 0.5) is 0 Å². The maximum atomic E-state index is 13.0. The van der Waals surface area contributed by atoms with Gasteiger partial charge in [-0.3, -0.25) is 37.3 Å². The number of carbonyl (C=O) groups excluding carboxylic acids is 4. The van der Waals surface area contributed by atoms with Crippen molar-refractivity contribution in [2.24, 2.45) is 17.8 Å². The molecule has 0 fully saturated rings. The summed E-state index contributed by atoms with van der Waals surface area (Å²) in [7, 11) is -9.90. The van der Waals surface area contributed by atoms with Gasteiger partial charge in [0.25, 0.3) is 0 Å². The minimum Gasteiger partial charge on any atom is -0.462 e. The quantitative estimate of drug-likeness (QED) is 0.0222. The Morgan fingerprint density at radius 1 is 0.326 bits per heavy atom. The smallest absolute Gasteiger partial charge is 0.462 e. The molecule has 0 amide bonds. The average Bonchev–Trinajstić information content (AvgIpc) is 3.54. The van der Waals surface area contributed by atoms with Crippen molar-refractivity contribution in [1.82, 2.24) is 0 Å². The van der Waals surface area contributed by atoms with Gasteiger partial charge in [-0.05, 0) is 43.4 Å². The normalized spacial score (nSPS) is 14.5. The topological polar surface area (TPSA) is 237 Å². The molecule has 3 unspecified atom stereocenters. The van der Waals surface area contributed by atoms with E-state index in [0.717, 1.165) is 108 Å². The lowest BCUT2D eigenvalue weighted by Crippen LogP contribution is -2.30. The van der Waals surface area contributed by atoms with Crippen LogP contribution in [0, 0.1) is 17.8 Å². The van der Waals surface area contributed by atoms with E-state index in [0.29, 0.717) is 25.7 Å². The van der Waals surface area contributed by atoms with Crippen LogP contribution in [0.5, 0.6) is 0 Å². The summed E-state index contributed by atoms with van der Waals surface area (Å²) < 4.78 is 68.2. The zero-order valence-electron chi connectivity index (χ0n) is 57.9. The average molecular weight is 1310 g/mol. The fourth-order valence-electron chi connectivity index (χ4n) is 10.5. The number of aliphatic hydroxyl groups is 1. The number of esters is 4. The molecule has 528 valence electrons. The van der Waals surface area contributed by atoms with Crippen molar-refractivity contribution < 1.29 is 80.2 Å². The molecule has 0 aromatic heterocycles. The first kappa shape index (κ1) is 87.1. The minimum absolute atomic E-state index is 0.103. The van der Waals surface area contributed by atoms with Gasteiger partial charge in [0.1, 0.15) is 19.3 Å². The van der Waals surface area contributed by atoms with Gasteiger partial charge in [-0.15, -0.1) is 0 Å². The predicted molar refractivity (Wildman–Crippen MR) is 358 cm³/mol. The zero-order valence-corrected chi connectivity index (χ0v) is 59.7. The molecular formula is C70H136O17P2. The predicted octanol–water partition coefficient (Wildman–Crippen LogP) is 19.8. The molecule has 6 atom stereocenters. The van der Waals surface area contributed by atoms with E-state index in [9.17, 15) is 43.2 Å². The maximum absolute atomic E-state index is 13.0. The molecule has 3 N–H and O–H groups in total. The van der Waals surface area contributed by atoms with Crippen LogP contribution in [0.15, 0.2) is 0 Å².